The fraction of sp³-hybridized carbons (Fsp3) is 0.429. The number of hydrogen-bond donors (Lipinski definition) is 0. The van der Waals surface area contributed by atoms with Crippen molar-refractivity contribution in [3.63, 3.8) is 0 Å². The van der Waals surface area contributed by atoms with Crippen molar-refractivity contribution in [1.82, 2.24) is 0 Å². The van der Waals surface area contributed by atoms with E-state index >= 15 is 0 Å². The van der Waals surface area contributed by atoms with Gasteiger partial charge in [-0.3, -0.25) is 0 Å². The van der Waals surface area contributed by atoms with Gasteiger partial charge < -0.3 is 24.8 Å². The predicted molar refractivity (Wildman–Crippen MR) is 67.1 cm³/mol. The second-order valence-corrected chi connectivity index (χ2v) is 36.1. The first-order chi connectivity index (χ1) is 6.74. The van der Waals surface area contributed by atoms with Gasteiger partial charge in [-0.2, -0.15) is 0 Å². The normalized spacial score (nSPS) is 19.8. The van der Waals surface area contributed by atoms with Gasteiger partial charge in [0, 0.05) is 0 Å². The Balaban J connectivity index is 0.00000128. The second-order valence-electron chi connectivity index (χ2n) is 7.77. The third-order valence-electron chi connectivity index (χ3n) is 4.43. The molecule has 0 amide bonds. The topological polar surface area (TPSA) is 0 Å². The Labute approximate surface area is 116 Å². The van der Waals surface area contributed by atoms with Crippen molar-refractivity contribution in [1.29, 1.82) is 0 Å². The largest absolute Gasteiger partial charge is 1.00 e. The van der Waals surface area contributed by atoms with E-state index in [2.05, 4.69) is 55.0 Å². The van der Waals surface area contributed by atoms with E-state index in [0.717, 1.165) is 0 Å². The Bertz CT molecular complexity index is 393. The molecule has 2 aliphatic carbocycles. The molecule has 0 saturated carbocycles. The number of rotatable bonds is 2. The Kier molecular flexibility index (Phi) is 4.62. The summed E-state index contributed by atoms with van der Waals surface area (Å²) in [6.45, 7) is 0. The summed E-state index contributed by atoms with van der Waals surface area (Å²) in [5.41, 5.74) is 0. The molecule has 0 N–H and O–H groups in total. The molecule has 96 valence electrons. The van der Waals surface area contributed by atoms with Gasteiger partial charge in [0.05, 0.1) is 0 Å². The van der Waals surface area contributed by atoms with E-state index in [4.69, 9.17) is 0 Å². The molecule has 0 heterocycles. The van der Waals surface area contributed by atoms with Crippen LogP contribution in [0.3, 0.4) is 0 Å². The van der Waals surface area contributed by atoms with Crippen LogP contribution in [0.25, 0.3) is 0 Å². The van der Waals surface area contributed by atoms with Gasteiger partial charge in [0.1, 0.15) is 0 Å². The van der Waals surface area contributed by atoms with Crippen LogP contribution in [0.2, 0.25) is 18.5 Å². The molecule has 0 aromatic heterocycles. The van der Waals surface area contributed by atoms with E-state index in [0.29, 0.717) is 0 Å². The Morgan fingerprint density at radius 2 is 1.12 bits per heavy atom. The van der Waals surface area contributed by atoms with E-state index in [-0.39, 0.29) is 24.8 Å². The molecular weight excluding hydrogens is 330 g/mol. The minimum absolute atomic E-state index is 0. The fourth-order valence-corrected chi connectivity index (χ4v) is 13.0. The first kappa shape index (κ1) is 17.4. The summed E-state index contributed by atoms with van der Waals surface area (Å²) in [5.74, 6) is 0. The van der Waals surface area contributed by atoms with Gasteiger partial charge in [-0.05, 0) is 0 Å². The minimum atomic E-state index is -3.24. The van der Waals surface area contributed by atoms with Gasteiger partial charge in [0.15, 0.2) is 0 Å². The van der Waals surface area contributed by atoms with Crippen molar-refractivity contribution in [2.45, 2.75) is 31.4 Å². The number of allylic oxidation sites excluding steroid dienone is 8. The van der Waals surface area contributed by atoms with E-state index in [1.165, 1.54) is 12.8 Å². The van der Waals surface area contributed by atoms with E-state index < -0.39 is 17.3 Å². The molecule has 0 unspecified atom stereocenters. The molecule has 2 rings (SSSR count). The van der Waals surface area contributed by atoms with Crippen molar-refractivity contribution in [2.75, 3.05) is 0 Å². The first-order valence-electron chi connectivity index (χ1n) is 5.93. The van der Waals surface area contributed by atoms with Crippen molar-refractivity contribution < 1.29 is 42.1 Å². The number of halogens is 2. The zero-order valence-electron chi connectivity index (χ0n) is 11.1. The quantitative estimate of drug-likeness (QED) is 0.604. The summed E-state index contributed by atoms with van der Waals surface area (Å²) in [6.07, 6.45) is 16.1. The average Bonchev–Trinajstić information content (AvgIpc) is 2.77. The van der Waals surface area contributed by atoms with Gasteiger partial charge in [0.2, 0.25) is 0 Å². The summed E-state index contributed by atoms with van der Waals surface area (Å²) in [7, 11) is 0. The molecule has 0 atom stereocenters. The SMILES string of the molecule is [CH3][Zr+2]([CH3])([CH3])([CH3])([C]1=CC=CC1)[C]1=CC=CC1.[Cl-].[Cl-]. The van der Waals surface area contributed by atoms with Crippen LogP contribution >= 0.6 is 0 Å². The first-order valence-corrected chi connectivity index (χ1v) is 18.2. The van der Waals surface area contributed by atoms with Crippen LogP contribution in [0.5, 0.6) is 0 Å². The van der Waals surface area contributed by atoms with Crippen molar-refractivity contribution >= 4 is 0 Å². The van der Waals surface area contributed by atoms with E-state index in [1.807, 2.05) is 0 Å². The summed E-state index contributed by atoms with van der Waals surface area (Å²) in [4.78, 5) is 0. The minimum Gasteiger partial charge on any atom is -1.00 e. The molecule has 0 bridgehead atoms. The Morgan fingerprint density at radius 3 is 1.35 bits per heavy atom. The summed E-state index contributed by atoms with van der Waals surface area (Å²) in [6, 6.07) is 0. The van der Waals surface area contributed by atoms with Gasteiger partial charge in [-0.25, -0.2) is 0 Å². The molecular formula is C14H22Cl2Zr. The van der Waals surface area contributed by atoms with Crippen LogP contribution in [0.15, 0.2) is 43.0 Å². The maximum Gasteiger partial charge on any atom is -1.00 e. The molecule has 0 spiro atoms. The summed E-state index contributed by atoms with van der Waals surface area (Å²) in [5, 5.41) is 0. The molecule has 0 nitrogen and oxygen atoms in total. The van der Waals surface area contributed by atoms with Crippen molar-refractivity contribution in [3.05, 3.63) is 43.0 Å². The maximum atomic E-state index is 2.57. The standard InChI is InChI=1S/2C5H5.4CH3.2ClH.Zr/c2*1-2-4-5-3-1;;;;;;;/h2*1-3H,4H2;4*1H3;2*1H;/q;;;;;;;;+2/p-2. The molecule has 3 heteroatoms. The molecule has 17 heavy (non-hydrogen) atoms. The monoisotopic (exact) mass is 350 g/mol. The van der Waals surface area contributed by atoms with Crippen LogP contribution in [0, 0.1) is 0 Å². The van der Waals surface area contributed by atoms with Crippen molar-refractivity contribution in [2.24, 2.45) is 0 Å². The van der Waals surface area contributed by atoms with Gasteiger partial charge >= 0.3 is 91.7 Å². The molecule has 0 aromatic rings. The third kappa shape index (κ3) is 2.88. The smallest absolute Gasteiger partial charge is 1.00 e. The van der Waals surface area contributed by atoms with Crippen molar-refractivity contribution in [3.8, 4) is 0 Å². The predicted octanol–water partition coefficient (Wildman–Crippen LogP) is -0.900. The van der Waals surface area contributed by atoms with Gasteiger partial charge in [0.25, 0.3) is 0 Å². The molecule has 0 radical (unpaired) electrons. The number of hydrogen-bond acceptors (Lipinski definition) is 0. The average molecular weight is 352 g/mol. The summed E-state index contributed by atoms with van der Waals surface area (Å²) >= 11 is -3.24. The Morgan fingerprint density at radius 1 is 0.765 bits per heavy atom. The van der Waals surface area contributed by atoms with Crippen LogP contribution < -0.4 is 24.8 Å². The van der Waals surface area contributed by atoms with E-state index in [9.17, 15) is 0 Å². The molecule has 0 aliphatic heterocycles. The zero-order valence-corrected chi connectivity index (χ0v) is 15.1. The summed E-state index contributed by atoms with van der Waals surface area (Å²) < 4.78 is 13.7. The van der Waals surface area contributed by atoms with Crippen LogP contribution in [0.1, 0.15) is 12.8 Å². The maximum absolute atomic E-state index is 3.24. The van der Waals surface area contributed by atoms with Crippen LogP contribution in [-0.2, 0) is 17.3 Å². The van der Waals surface area contributed by atoms with Crippen LogP contribution in [0.4, 0.5) is 0 Å². The second kappa shape index (κ2) is 4.51. The van der Waals surface area contributed by atoms with Gasteiger partial charge in [-0.15, -0.1) is 0 Å². The molecule has 0 aromatic carbocycles. The Hall–Kier alpha value is 0.423. The molecule has 0 saturated heterocycles. The van der Waals surface area contributed by atoms with E-state index in [1.54, 1.807) is 6.56 Å². The van der Waals surface area contributed by atoms with Crippen LogP contribution in [-0.4, -0.2) is 0 Å². The third-order valence-corrected chi connectivity index (χ3v) is 20.5. The zero-order chi connectivity index (χ0) is 11.2. The molecule has 2 aliphatic rings. The fourth-order valence-electron chi connectivity index (χ4n) is 2.77. The van der Waals surface area contributed by atoms with Gasteiger partial charge in [-0.1, -0.05) is 0 Å². The molecule has 0 fully saturated rings.